The first-order valence-electron chi connectivity index (χ1n) is 7.35. The number of hydrogen-bond donors (Lipinski definition) is 0. The van der Waals surface area contributed by atoms with Crippen molar-refractivity contribution in [1.82, 2.24) is 10.1 Å². The molecule has 0 spiro atoms. The smallest absolute Gasteiger partial charge is 0.268 e. The first kappa shape index (κ1) is 15.9. The fourth-order valence-electron chi connectivity index (χ4n) is 2.52. The fraction of sp³-hybridized carbons (Fsp3) is 0.176. The van der Waals surface area contributed by atoms with E-state index in [0.29, 0.717) is 29.0 Å². The molecule has 0 saturated carbocycles. The van der Waals surface area contributed by atoms with Gasteiger partial charge in [-0.15, -0.1) is 22.7 Å². The lowest BCUT2D eigenvalue weighted by Gasteiger charge is -2.12. The molecule has 0 fully saturated rings. The van der Waals surface area contributed by atoms with Crippen LogP contribution in [0, 0.1) is 0 Å². The highest BCUT2D eigenvalue weighted by Crippen LogP contribution is 2.41. The van der Waals surface area contributed by atoms with Crippen LogP contribution in [-0.4, -0.2) is 31.5 Å². The Kier molecular flexibility index (Phi) is 4.06. The van der Waals surface area contributed by atoms with Gasteiger partial charge >= 0.3 is 0 Å². The molecule has 0 saturated heterocycles. The van der Waals surface area contributed by atoms with Crippen molar-refractivity contribution in [2.24, 2.45) is 0 Å². The van der Waals surface area contributed by atoms with Gasteiger partial charge in [-0.25, -0.2) is 0 Å². The number of ether oxygens (including phenoxy) is 3. The molecule has 6 nitrogen and oxygen atoms in total. The van der Waals surface area contributed by atoms with E-state index >= 15 is 0 Å². The second kappa shape index (κ2) is 6.38. The van der Waals surface area contributed by atoms with Gasteiger partial charge in [0.05, 0.1) is 26.2 Å². The quantitative estimate of drug-likeness (QED) is 0.504. The van der Waals surface area contributed by atoms with E-state index in [2.05, 4.69) is 27.7 Å². The van der Waals surface area contributed by atoms with Crippen molar-refractivity contribution in [2.45, 2.75) is 0 Å². The monoisotopic (exact) mass is 374 g/mol. The number of nitrogens with zero attached hydrogens (tertiary/aromatic N) is 2. The summed E-state index contributed by atoms with van der Waals surface area (Å²) in [6.45, 7) is 0. The number of fused-ring (bicyclic) bond motifs is 1. The van der Waals surface area contributed by atoms with E-state index in [-0.39, 0.29) is 0 Å². The van der Waals surface area contributed by atoms with Crippen LogP contribution in [0.1, 0.15) is 0 Å². The Morgan fingerprint density at radius 2 is 1.72 bits per heavy atom. The van der Waals surface area contributed by atoms with E-state index in [0.717, 1.165) is 10.4 Å². The molecule has 0 aliphatic carbocycles. The average Bonchev–Trinajstić information content (AvgIpc) is 3.35. The summed E-state index contributed by atoms with van der Waals surface area (Å²) in [6, 6.07) is 7.74. The predicted octanol–water partition coefficient (Wildman–Crippen LogP) is 4.71. The highest BCUT2D eigenvalue weighted by atomic mass is 32.1. The van der Waals surface area contributed by atoms with Gasteiger partial charge in [-0.1, -0.05) is 5.16 Å². The molecule has 1 aromatic carbocycles. The number of hydrogen-bond acceptors (Lipinski definition) is 8. The number of thiophene rings is 2. The molecule has 0 bridgehead atoms. The molecule has 128 valence electrons. The molecule has 8 heteroatoms. The Hall–Kier alpha value is -2.58. The maximum Gasteiger partial charge on any atom is 0.268 e. The molecule has 4 aromatic rings. The number of aromatic nitrogens is 2. The largest absolute Gasteiger partial charge is 0.493 e. The Morgan fingerprint density at radius 1 is 0.960 bits per heavy atom. The summed E-state index contributed by atoms with van der Waals surface area (Å²) >= 11 is 3.33. The minimum Gasteiger partial charge on any atom is -0.493 e. The SMILES string of the molecule is COc1cc(-c2noc(-c3cc4sccc4s3)n2)cc(OC)c1OC. The molecule has 3 aromatic heterocycles. The van der Waals surface area contributed by atoms with Gasteiger partial charge in [0.25, 0.3) is 5.89 Å². The first-order chi connectivity index (χ1) is 12.2. The second-order valence-corrected chi connectivity index (χ2v) is 7.13. The van der Waals surface area contributed by atoms with E-state index in [1.807, 2.05) is 0 Å². The maximum absolute atomic E-state index is 5.45. The van der Waals surface area contributed by atoms with Crippen LogP contribution >= 0.6 is 22.7 Å². The third kappa shape index (κ3) is 2.73. The molecule has 0 radical (unpaired) electrons. The lowest BCUT2D eigenvalue weighted by atomic mass is 10.1. The third-order valence-electron chi connectivity index (χ3n) is 3.70. The van der Waals surface area contributed by atoms with Crippen LogP contribution in [0.4, 0.5) is 0 Å². The Bertz CT molecular complexity index is 981. The van der Waals surface area contributed by atoms with Gasteiger partial charge in [-0.3, -0.25) is 0 Å². The molecule has 25 heavy (non-hydrogen) atoms. The first-order valence-corrected chi connectivity index (χ1v) is 9.04. The van der Waals surface area contributed by atoms with Crippen molar-refractivity contribution in [3.63, 3.8) is 0 Å². The normalized spacial score (nSPS) is 11.0. The van der Waals surface area contributed by atoms with Gasteiger partial charge in [-0.2, -0.15) is 4.98 Å². The number of methoxy groups -OCH3 is 3. The molecule has 0 unspecified atom stereocenters. The lowest BCUT2D eigenvalue weighted by Crippen LogP contribution is -1.96. The summed E-state index contributed by atoms with van der Waals surface area (Å²) in [7, 11) is 4.71. The molecule has 0 atom stereocenters. The van der Waals surface area contributed by atoms with Gasteiger partial charge in [0, 0.05) is 15.0 Å². The molecule has 3 heterocycles. The predicted molar refractivity (Wildman–Crippen MR) is 98.1 cm³/mol. The van der Waals surface area contributed by atoms with Crippen LogP contribution in [0.5, 0.6) is 17.2 Å². The Balaban J connectivity index is 1.75. The zero-order valence-corrected chi connectivity index (χ0v) is 15.4. The van der Waals surface area contributed by atoms with Crippen LogP contribution < -0.4 is 14.2 Å². The van der Waals surface area contributed by atoms with Crippen LogP contribution in [-0.2, 0) is 0 Å². The maximum atomic E-state index is 5.45. The van der Waals surface area contributed by atoms with Crippen LogP contribution in [0.3, 0.4) is 0 Å². The van der Waals surface area contributed by atoms with Crippen molar-refractivity contribution in [1.29, 1.82) is 0 Å². The summed E-state index contributed by atoms with van der Waals surface area (Å²) < 4.78 is 24.0. The lowest BCUT2D eigenvalue weighted by molar-refractivity contribution is 0.324. The zero-order valence-electron chi connectivity index (χ0n) is 13.7. The van der Waals surface area contributed by atoms with Gasteiger partial charge in [0.2, 0.25) is 11.6 Å². The van der Waals surface area contributed by atoms with Crippen LogP contribution in [0.15, 0.2) is 34.2 Å². The Labute approximate surface area is 151 Å². The highest BCUT2D eigenvalue weighted by Gasteiger charge is 2.18. The summed E-state index contributed by atoms with van der Waals surface area (Å²) in [6.07, 6.45) is 0. The van der Waals surface area contributed by atoms with Crippen molar-refractivity contribution in [2.75, 3.05) is 21.3 Å². The number of benzene rings is 1. The van der Waals surface area contributed by atoms with E-state index in [9.17, 15) is 0 Å². The van der Waals surface area contributed by atoms with Crippen molar-refractivity contribution < 1.29 is 18.7 Å². The molecular formula is C17H14N2O4S2. The molecule has 0 N–H and O–H groups in total. The van der Waals surface area contributed by atoms with E-state index < -0.39 is 0 Å². The summed E-state index contributed by atoms with van der Waals surface area (Å²) in [4.78, 5) is 5.47. The molecule has 0 aliphatic heterocycles. The Morgan fingerprint density at radius 3 is 2.36 bits per heavy atom. The molecule has 0 aliphatic rings. The molecule has 4 rings (SSSR count). The standard InChI is InChI=1S/C17H14N2O4S2/c1-20-10-6-9(7-11(21-2)15(10)22-3)16-18-17(23-19-16)14-8-13-12(25-14)4-5-24-13/h4-8H,1-3H3. The van der Waals surface area contributed by atoms with E-state index in [4.69, 9.17) is 18.7 Å². The average molecular weight is 374 g/mol. The minimum absolute atomic E-state index is 0.464. The van der Waals surface area contributed by atoms with Gasteiger partial charge in [0.1, 0.15) is 0 Å². The van der Waals surface area contributed by atoms with Gasteiger partial charge < -0.3 is 18.7 Å². The van der Waals surface area contributed by atoms with Crippen LogP contribution in [0.25, 0.3) is 31.6 Å². The van der Waals surface area contributed by atoms with Crippen molar-refractivity contribution in [3.05, 3.63) is 29.6 Å². The third-order valence-corrected chi connectivity index (χ3v) is 5.78. The van der Waals surface area contributed by atoms with Crippen LogP contribution in [0.2, 0.25) is 0 Å². The van der Waals surface area contributed by atoms with Crippen molar-refractivity contribution in [3.8, 4) is 39.4 Å². The molecule has 0 amide bonds. The van der Waals surface area contributed by atoms with E-state index in [1.54, 1.807) is 56.1 Å². The van der Waals surface area contributed by atoms with Gasteiger partial charge in [0.15, 0.2) is 11.5 Å². The molecular weight excluding hydrogens is 360 g/mol. The second-order valence-electron chi connectivity index (χ2n) is 5.10. The van der Waals surface area contributed by atoms with E-state index in [1.165, 1.54) is 9.40 Å². The zero-order chi connectivity index (χ0) is 17.4. The number of rotatable bonds is 5. The summed E-state index contributed by atoms with van der Waals surface area (Å²) in [5, 5.41) is 6.17. The minimum atomic E-state index is 0.464. The summed E-state index contributed by atoms with van der Waals surface area (Å²) in [5.41, 5.74) is 0.725. The van der Waals surface area contributed by atoms with Crippen molar-refractivity contribution >= 4 is 32.1 Å². The highest BCUT2D eigenvalue weighted by molar-refractivity contribution is 7.28. The fourth-order valence-corrected chi connectivity index (χ4v) is 4.55. The topological polar surface area (TPSA) is 66.6 Å². The van der Waals surface area contributed by atoms with Gasteiger partial charge in [-0.05, 0) is 29.6 Å². The summed E-state index contributed by atoms with van der Waals surface area (Å²) in [5.74, 6) is 2.57.